The van der Waals surface area contributed by atoms with Crippen molar-refractivity contribution in [1.29, 1.82) is 0 Å². The average Bonchev–Trinajstić information content (AvgIpc) is 2.45. The van der Waals surface area contributed by atoms with Gasteiger partial charge in [0.05, 0.1) is 5.60 Å². The first kappa shape index (κ1) is 18.2. The number of carbonyl (C=O) groups excluding carboxylic acids is 2. The molecule has 0 spiro atoms. The van der Waals surface area contributed by atoms with Gasteiger partial charge in [-0.05, 0) is 37.1 Å². The maximum absolute atomic E-state index is 12.1. The number of amides is 2. The monoisotopic (exact) mass is 306 g/mol. The number of hydrogen-bond acceptors (Lipinski definition) is 3. The lowest BCUT2D eigenvalue weighted by molar-refractivity contribution is -0.114. The summed E-state index contributed by atoms with van der Waals surface area (Å²) in [6.45, 7) is 5.72. The van der Waals surface area contributed by atoms with Gasteiger partial charge in [-0.25, -0.2) is 0 Å². The number of hydrogen-bond donors (Lipinski definition) is 3. The third kappa shape index (κ3) is 5.85. The summed E-state index contributed by atoms with van der Waals surface area (Å²) in [4.78, 5) is 23.1. The fourth-order valence-electron chi connectivity index (χ4n) is 2.49. The van der Waals surface area contributed by atoms with Crippen LogP contribution in [0.4, 0.5) is 5.69 Å². The Balaban J connectivity index is 2.62. The molecule has 0 bridgehead atoms. The highest BCUT2D eigenvalue weighted by atomic mass is 16.3. The molecular formula is C17H26N2O3. The molecule has 1 aromatic rings. The van der Waals surface area contributed by atoms with Crippen LogP contribution in [0.2, 0.25) is 0 Å². The van der Waals surface area contributed by atoms with Crippen LogP contribution in [0.25, 0.3) is 0 Å². The Morgan fingerprint density at radius 3 is 2.09 bits per heavy atom. The number of carbonyl (C=O) groups is 2. The fourth-order valence-corrected chi connectivity index (χ4v) is 2.49. The Labute approximate surface area is 132 Å². The van der Waals surface area contributed by atoms with Gasteiger partial charge in [0.1, 0.15) is 0 Å². The predicted molar refractivity (Wildman–Crippen MR) is 87.8 cm³/mol. The number of nitrogens with one attached hydrogen (secondary N) is 2. The molecule has 0 aliphatic carbocycles. The van der Waals surface area contributed by atoms with Crippen molar-refractivity contribution in [2.75, 3.05) is 11.9 Å². The van der Waals surface area contributed by atoms with Crippen LogP contribution >= 0.6 is 0 Å². The number of anilines is 1. The second-order valence-electron chi connectivity index (χ2n) is 5.67. The molecule has 0 aliphatic heterocycles. The number of rotatable bonds is 8. The minimum absolute atomic E-state index is 0.151. The van der Waals surface area contributed by atoms with Gasteiger partial charge in [-0.1, -0.05) is 26.7 Å². The van der Waals surface area contributed by atoms with Crippen LogP contribution in [0.5, 0.6) is 0 Å². The zero-order chi connectivity index (χ0) is 16.6. The summed E-state index contributed by atoms with van der Waals surface area (Å²) in [5, 5.41) is 15.9. The van der Waals surface area contributed by atoms with Gasteiger partial charge in [0.2, 0.25) is 5.91 Å². The standard InChI is InChI=1S/C17H26N2O3/c1-4-10-17(22,11-5-2)12-18-16(21)14-6-8-15(9-7-14)19-13(3)20/h6-9,22H,4-5,10-12H2,1-3H3,(H,18,21)(H,19,20). The van der Waals surface area contributed by atoms with Crippen molar-refractivity contribution >= 4 is 17.5 Å². The van der Waals surface area contributed by atoms with Crippen molar-refractivity contribution in [1.82, 2.24) is 5.32 Å². The molecule has 0 saturated carbocycles. The Bertz CT molecular complexity index is 491. The minimum Gasteiger partial charge on any atom is -0.388 e. The second-order valence-corrected chi connectivity index (χ2v) is 5.67. The van der Waals surface area contributed by atoms with Gasteiger partial charge in [-0.3, -0.25) is 9.59 Å². The predicted octanol–water partition coefficient (Wildman–Crippen LogP) is 2.71. The SMILES string of the molecule is CCCC(O)(CCC)CNC(=O)c1ccc(NC(C)=O)cc1. The van der Waals surface area contributed by atoms with E-state index < -0.39 is 5.60 Å². The summed E-state index contributed by atoms with van der Waals surface area (Å²) in [6, 6.07) is 6.67. The van der Waals surface area contributed by atoms with Crippen molar-refractivity contribution in [3.63, 3.8) is 0 Å². The summed E-state index contributed by atoms with van der Waals surface area (Å²) in [5.41, 5.74) is 0.317. The molecule has 22 heavy (non-hydrogen) atoms. The Hall–Kier alpha value is -1.88. The summed E-state index contributed by atoms with van der Waals surface area (Å²) < 4.78 is 0. The smallest absolute Gasteiger partial charge is 0.251 e. The third-order valence-corrected chi connectivity index (χ3v) is 3.48. The molecule has 0 aromatic heterocycles. The zero-order valence-electron chi connectivity index (χ0n) is 13.6. The Kier molecular flexibility index (Phi) is 7.05. The van der Waals surface area contributed by atoms with E-state index in [1.165, 1.54) is 6.92 Å². The molecule has 5 nitrogen and oxygen atoms in total. The summed E-state index contributed by atoms with van der Waals surface area (Å²) >= 11 is 0. The highest BCUT2D eigenvalue weighted by Crippen LogP contribution is 2.18. The van der Waals surface area contributed by atoms with Crippen molar-refractivity contribution in [3.8, 4) is 0 Å². The van der Waals surface area contributed by atoms with Gasteiger partial charge in [-0.2, -0.15) is 0 Å². The zero-order valence-corrected chi connectivity index (χ0v) is 13.6. The van der Waals surface area contributed by atoms with Crippen LogP contribution < -0.4 is 10.6 Å². The second kappa shape index (κ2) is 8.54. The molecule has 0 radical (unpaired) electrons. The molecule has 0 heterocycles. The maximum atomic E-state index is 12.1. The first-order chi connectivity index (χ1) is 10.4. The molecule has 0 fully saturated rings. The molecule has 5 heteroatoms. The molecule has 0 atom stereocenters. The Morgan fingerprint density at radius 2 is 1.64 bits per heavy atom. The molecular weight excluding hydrogens is 280 g/mol. The summed E-state index contributed by atoms with van der Waals surface area (Å²) in [7, 11) is 0. The summed E-state index contributed by atoms with van der Waals surface area (Å²) in [5.74, 6) is -0.374. The molecule has 3 N–H and O–H groups in total. The Morgan fingerprint density at radius 1 is 1.09 bits per heavy atom. The van der Waals surface area contributed by atoms with E-state index in [1.807, 2.05) is 13.8 Å². The van der Waals surface area contributed by atoms with Crippen molar-refractivity contribution in [2.24, 2.45) is 0 Å². The van der Waals surface area contributed by atoms with Crippen molar-refractivity contribution in [2.45, 2.75) is 52.1 Å². The van der Waals surface area contributed by atoms with Gasteiger partial charge in [-0.15, -0.1) is 0 Å². The molecule has 0 unspecified atom stereocenters. The van der Waals surface area contributed by atoms with E-state index in [4.69, 9.17) is 0 Å². The topological polar surface area (TPSA) is 78.4 Å². The van der Waals surface area contributed by atoms with Gasteiger partial charge in [0, 0.05) is 24.7 Å². The molecule has 0 saturated heterocycles. The van der Waals surface area contributed by atoms with E-state index in [0.29, 0.717) is 24.1 Å². The highest BCUT2D eigenvalue weighted by molar-refractivity contribution is 5.95. The highest BCUT2D eigenvalue weighted by Gasteiger charge is 2.25. The van der Waals surface area contributed by atoms with E-state index in [-0.39, 0.29) is 18.4 Å². The molecule has 1 rings (SSSR count). The number of aliphatic hydroxyl groups is 1. The minimum atomic E-state index is -0.838. The number of benzene rings is 1. The van der Waals surface area contributed by atoms with Crippen LogP contribution in [-0.4, -0.2) is 29.1 Å². The van der Waals surface area contributed by atoms with Gasteiger partial charge in [0.25, 0.3) is 5.91 Å². The lowest BCUT2D eigenvalue weighted by Gasteiger charge is -2.27. The third-order valence-electron chi connectivity index (χ3n) is 3.48. The quantitative estimate of drug-likeness (QED) is 0.691. The molecule has 122 valence electrons. The van der Waals surface area contributed by atoms with Gasteiger partial charge >= 0.3 is 0 Å². The fraction of sp³-hybridized carbons (Fsp3) is 0.529. The van der Waals surface area contributed by atoms with E-state index >= 15 is 0 Å². The lowest BCUT2D eigenvalue weighted by Crippen LogP contribution is -2.42. The van der Waals surface area contributed by atoms with Crippen molar-refractivity contribution in [3.05, 3.63) is 29.8 Å². The van der Waals surface area contributed by atoms with E-state index in [2.05, 4.69) is 10.6 Å². The van der Waals surface area contributed by atoms with E-state index in [9.17, 15) is 14.7 Å². The first-order valence-electron chi connectivity index (χ1n) is 7.78. The van der Waals surface area contributed by atoms with Crippen LogP contribution in [0, 0.1) is 0 Å². The van der Waals surface area contributed by atoms with Gasteiger partial charge < -0.3 is 15.7 Å². The van der Waals surface area contributed by atoms with E-state index in [0.717, 1.165) is 12.8 Å². The molecule has 1 aromatic carbocycles. The molecule has 0 aliphatic rings. The van der Waals surface area contributed by atoms with Crippen LogP contribution in [0.3, 0.4) is 0 Å². The van der Waals surface area contributed by atoms with Crippen LogP contribution in [0.1, 0.15) is 56.8 Å². The molecule has 2 amide bonds. The normalized spacial score (nSPS) is 11.1. The lowest BCUT2D eigenvalue weighted by atomic mass is 9.92. The van der Waals surface area contributed by atoms with Gasteiger partial charge in [0.15, 0.2) is 0 Å². The van der Waals surface area contributed by atoms with Crippen molar-refractivity contribution < 1.29 is 14.7 Å². The maximum Gasteiger partial charge on any atom is 0.251 e. The largest absolute Gasteiger partial charge is 0.388 e. The first-order valence-corrected chi connectivity index (χ1v) is 7.78. The average molecular weight is 306 g/mol. The van der Waals surface area contributed by atoms with Crippen LogP contribution in [-0.2, 0) is 4.79 Å². The van der Waals surface area contributed by atoms with E-state index in [1.54, 1.807) is 24.3 Å². The van der Waals surface area contributed by atoms with Crippen LogP contribution in [0.15, 0.2) is 24.3 Å². The summed E-state index contributed by atoms with van der Waals surface area (Å²) in [6.07, 6.45) is 3.08.